The summed E-state index contributed by atoms with van der Waals surface area (Å²) in [6.07, 6.45) is 3.55. The lowest BCUT2D eigenvalue weighted by Crippen LogP contribution is -2.10. The molecule has 0 saturated carbocycles. The molecule has 470 valence electrons. The van der Waals surface area contributed by atoms with Crippen LogP contribution < -0.4 is 11.5 Å². The molecule has 7 rings (SSSR count). The lowest BCUT2D eigenvalue weighted by Gasteiger charge is -1.97. The second-order valence-corrected chi connectivity index (χ2v) is 27.4. The third-order valence-corrected chi connectivity index (χ3v) is 21.5. The average Bonchev–Trinajstić information content (AvgIpc) is 4.15. The fourth-order valence-corrected chi connectivity index (χ4v) is 17.1. The summed E-state index contributed by atoms with van der Waals surface area (Å²) in [7, 11) is 2.16. The standard InChI is InChI=1S/C12H11N3O5S.C12H12N2O3S.2C7H6N2O3.C4H8O.2CH4.HNO3.H2O4S.P2S5/c1-8-11(6-7-20-15(18)19)21-12(13-8)9-2-4-10(5-3-9)14(16)17;1-8-11(6-7-15)18-12(13-8)9-2-4-10(5-3-9)14(16)17;2*8-7(10)5-1-3-6(4-2-5)9(11)12;1-2-4-5-3-1;;;2-1(3)4;1-5(2,3)4;3-1-2-5-7-6-4/h2-5H,6-7H2,1H3;2-5,15H,6-7H2,1H3;2*1-4H,(H2,8,10);1-4H2;2*1H4;(H,2,3,4);(H2,1,2,3,4);. The number of benzene rings is 4. The van der Waals surface area contributed by atoms with Crippen molar-refractivity contribution in [2.75, 3.05) is 26.4 Å². The summed E-state index contributed by atoms with van der Waals surface area (Å²) in [4.78, 5) is 94.1. The Morgan fingerprint density at radius 1 is 0.663 bits per heavy atom. The van der Waals surface area contributed by atoms with Crippen LogP contribution in [0.15, 0.2) is 97.1 Å². The van der Waals surface area contributed by atoms with Crippen molar-refractivity contribution in [1.29, 1.82) is 0 Å². The first-order chi connectivity index (χ1) is 39.4. The number of thiazole rings is 2. The largest absolute Gasteiger partial charge is 0.396 e. The number of nitrogens with two attached hydrogens (primary N) is 2. The van der Waals surface area contributed by atoms with Crippen LogP contribution in [0, 0.1) is 74.5 Å². The molecule has 0 unspecified atom stereocenters. The van der Waals surface area contributed by atoms with Crippen molar-refractivity contribution >= 4 is 132 Å². The molecule has 0 aliphatic carbocycles. The molecule has 0 spiro atoms. The Bertz CT molecular complexity index is 3270. The van der Waals surface area contributed by atoms with Crippen molar-refractivity contribution in [1.82, 2.24) is 9.97 Å². The van der Waals surface area contributed by atoms with Gasteiger partial charge in [0.15, 0.2) is 0 Å². The number of hydrogen-bond donors (Lipinski definition) is 6. The minimum Gasteiger partial charge on any atom is -0.396 e. The van der Waals surface area contributed by atoms with Crippen molar-refractivity contribution in [3.8, 4) is 21.1 Å². The normalized spacial score (nSPS) is 10.4. The van der Waals surface area contributed by atoms with Crippen molar-refractivity contribution in [3.63, 3.8) is 0 Å². The lowest BCUT2D eigenvalue weighted by molar-refractivity contribution is -0.757. The summed E-state index contributed by atoms with van der Waals surface area (Å²) < 4.78 is 36.5. The van der Waals surface area contributed by atoms with Gasteiger partial charge in [0.25, 0.3) is 32.9 Å². The van der Waals surface area contributed by atoms with Crippen LogP contribution in [-0.2, 0) is 83.1 Å². The molecule has 8 N–H and O–H groups in total. The van der Waals surface area contributed by atoms with Gasteiger partial charge in [-0.05, 0) is 125 Å². The molecule has 2 aromatic heterocycles. The van der Waals surface area contributed by atoms with E-state index in [1.165, 1.54) is 124 Å². The quantitative estimate of drug-likeness (QED) is 0.0241. The molecular weight excluding hydrogens is 1340 g/mol. The van der Waals surface area contributed by atoms with Crippen molar-refractivity contribution in [2.24, 2.45) is 11.5 Å². The van der Waals surface area contributed by atoms with Crippen molar-refractivity contribution in [3.05, 3.63) is 190 Å². The van der Waals surface area contributed by atoms with E-state index in [0.29, 0.717) is 12.8 Å². The maximum atomic E-state index is 10.6. The molecule has 0 bridgehead atoms. The summed E-state index contributed by atoms with van der Waals surface area (Å²) in [5.74, 6) is -1.19. The number of rotatable bonds is 15. The van der Waals surface area contributed by atoms with Crippen LogP contribution in [0.4, 0.5) is 22.7 Å². The number of aliphatic hydroxyl groups excluding tert-OH is 1. The zero-order valence-corrected chi connectivity index (χ0v) is 51.2. The van der Waals surface area contributed by atoms with E-state index in [9.17, 15) is 60.2 Å². The van der Waals surface area contributed by atoms with Gasteiger partial charge in [0.2, 0.25) is 11.8 Å². The van der Waals surface area contributed by atoms with Crippen LogP contribution in [-0.4, -0.2) is 106 Å². The van der Waals surface area contributed by atoms with Gasteiger partial charge in [-0.3, -0.25) is 59.2 Å². The van der Waals surface area contributed by atoms with Gasteiger partial charge in [-0.1, -0.05) is 14.9 Å². The van der Waals surface area contributed by atoms with E-state index >= 15 is 0 Å². The number of aromatic nitrogens is 2. The predicted octanol–water partition coefficient (Wildman–Crippen LogP) is 9.51. The summed E-state index contributed by atoms with van der Waals surface area (Å²) in [5, 5.41) is 74.9. The van der Waals surface area contributed by atoms with Gasteiger partial charge in [0.05, 0.1) is 31.1 Å². The molecule has 0 radical (unpaired) electrons. The number of aliphatic hydroxyl groups is 1. The highest BCUT2D eigenvalue weighted by Gasteiger charge is 2.14. The molecule has 6 aromatic rings. The molecule has 4 aromatic carbocycles. The molecule has 1 saturated heterocycles. The number of primary amides is 2. The highest BCUT2D eigenvalue weighted by atomic mass is 33.3. The third kappa shape index (κ3) is 38.5. The Kier molecular flexibility index (Phi) is 44.2. The number of nitro benzene ring substituents is 4. The molecule has 3 heterocycles. The minimum absolute atomic E-state index is 0. The summed E-state index contributed by atoms with van der Waals surface area (Å²) in [6, 6.07) is 22.7. The molecule has 1 aliphatic rings. The first kappa shape index (κ1) is 82.8. The molecule has 1 fully saturated rings. The lowest BCUT2D eigenvalue weighted by atomic mass is 10.2. The third-order valence-electron chi connectivity index (χ3n) is 8.98. The van der Waals surface area contributed by atoms with Crippen LogP contribution >= 0.6 is 36.8 Å². The maximum Gasteiger partial charge on any atom is 0.394 e. The van der Waals surface area contributed by atoms with E-state index in [4.69, 9.17) is 54.2 Å². The maximum absolute atomic E-state index is 10.6. The van der Waals surface area contributed by atoms with E-state index in [0.717, 1.165) is 62.5 Å². The molecule has 86 heavy (non-hydrogen) atoms. The van der Waals surface area contributed by atoms with Gasteiger partial charge in [-0.25, -0.2) is 9.97 Å². The average molecular weight is 1390 g/mol. The van der Waals surface area contributed by atoms with Gasteiger partial charge in [-0.15, -0.1) is 42.9 Å². The fourth-order valence-electron chi connectivity index (χ4n) is 5.38. The van der Waals surface area contributed by atoms with Crippen LogP contribution in [0.1, 0.15) is 69.6 Å². The van der Waals surface area contributed by atoms with Crippen LogP contribution in [0.25, 0.3) is 21.1 Å². The van der Waals surface area contributed by atoms with Crippen LogP contribution in [0.5, 0.6) is 0 Å². The molecular formula is C44H54N10O22P2S8. The van der Waals surface area contributed by atoms with Gasteiger partial charge in [0.1, 0.15) is 16.6 Å². The van der Waals surface area contributed by atoms with Crippen LogP contribution in [0.2, 0.25) is 0 Å². The SMILES string of the molecule is C.C.C1CCOC1.Cc1nc(-c2ccc([N+](=O)[O-])cc2)sc1CCO.Cc1nc(-c2ccc([N+](=O)[O-])cc2)sc1CCO[N+](=O)[O-].NC(=O)c1ccc([N+](=O)[O-])cc1.NC(=O)c1ccc([N+](=O)[O-])cc1.O=S(=O)(O)O.O=[N+]([O-])O.S=PP=S=S=S=S. The first-order valence-electron chi connectivity index (χ1n) is 22.1. The zero-order chi connectivity index (χ0) is 64.0. The Hall–Kier alpha value is -7.43. The predicted molar refractivity (Wildman–Crippen MR) is 336 cm³/mol. The smallest absolute Gasteiger partial charge is 0.394 e. The number of nitro groups is 4. The van der Waals surface area contributed by atoms with Gasteiger partial charge >= 0.3 is 10.4 Å². The highest BCUT2D eigenvalue weighted by Crippen LogP contribution is 2.31. The second-order valence-electron chi connectivity index (χ2n) is 14.7. The van der Waals surface area contributed by atoms with Crippen molar-refractivity contribution in [2.45, 2.75) is 54.4 Å². The van der Waals surface area contributed by atoms with Gasteiger partial charge in [-0.2, -0.15) is 8.42 Å². The van der Waals surface area contributed by atoms with Gasteiger partial charge < -0.3 is 31.4 Å². The minimum atomic E-state index is -4.67. The number of carbonyl (C=O) groups excluding carboxylic acids is 2. The van der Waals surface area contributed by atoms with E-state index in [2.05, 4.69) is 37.8 Å². The fraction of sp³-hybridized carbons (Fsp3) is 0.273. The monoisotopic (exact) mass is 1390 g/mol. The highest BCUT2D eigenvalue weighted by molar-refractivity contribution is 8.63. The number of non-ortho nitro benzene ring substituents is 4. The Morgan fingerprint density at radius 3 is 1.22 bits per heavy atom. The van der Waals surface area contributed by atoms with E-state index in [1.807, 2.05) is 13.8 Å². The number of nitrogens with zero attached hydrogens (tertiary/aromatic N) is 8. The van der Waals surface area contributed by atoms with Crippen LogP contribution in [0.3, 0.4) is 0 Å². The molecule has 42 heteroatoms. The topological polar surface area (TPSA) is 504 Å². The number of amides is 2. The number of ether oxygens (including phenoxy) is 1. The summed E-state index contributed by atoms with van der Waals surface area (Å²) >= 11 is 12.1. The zero-order valence-electron chi connectivity index (χ0n) is 42.9. The van der Waals surface area contributed by atoms with E-state index < -0.39 is 52.1 Å². The second kappa shape index (κ2) is 45.9. The summed E-state index contributed by atoms with van der Waals surface area (Å²) in [5.41, 5.74) is 13.7. The Labute approximate surface area is 518 Å². The van der Waals surface area contributed by atoms with Crippen molar-refractivity contribution < 1.29 is 76.9 Å². The number of hydrogen-bond acceptors (Lipinski definition) is 25. The summed E-state index contributed by atoms with van der Waals surface area (Å²) in [6.45, 7) is 5.79. The molecule has 1 aliphatic heterocycles. The first-order valence-corrected chi connectivity index (χ1v) is 33.7. The van der Waals surface area contributed by atoms with Gasteiger partial charge in [0, 0.05) is 127 Å². The molecule has 2 amide bonds. The number of aryl methyl sites for hydroxylation is 2. The van der Waals surface area contributed by atoms with E-state index in [1.54, 1.807) is 42.6 Å². The molecule has 32 nitrogen and oxygen atoms in total. The van der Waals surface area contributed by atoms with E-state index in [-0.39, 0.29) is 61.9 Å². The molecule has 0 atom stereocenters. The Morgan fingerprint density at radius 2 is 0.977 bits per heavy atom. The number of carbonyl (C=O) groups is 2. The Balaban J connectivity index is -0.000000968.